The van der Waals surface area contributed by atoms with Crippen molar-refractivity contribution in [1.29, 1.82) is 0 Å². The van der Waals surface area contributed by atoms with Gasteiger partial charge in [0.1, 0.15) is 5.82 Å². The lowest BCUT2D eigenvalue weighted by Gasteiger charge is -2.24. The zero-order valence-corrected chi connectivity index (χ0v) is 14.0. The minimum atomic E-state index is -0.314. The van der Waals surface area contributed by atoms with E-state index in [0.717, 1.165) is 5.56 Å². The molecule has 0 aliphatic heterocycles. The molecule has 5 heteroatoms. The number of rotatable bonds is 6. The molecular formula is C18H20ClFN2O. The van der Waals surface area contributed by atoms with E-state index in [9.17, 15) is 9.18 Å². The Hall–Kier alpha value is -2.07. The highest BCUT2D eigenvalue weighted by atomic mass is 35.5. The Kier molecular flexibility index (Phi) is 5.99. The maximum Gasteiger partial charge on any atom is 0.239 e. The van der Waals surface area contributed by atoms with Crippen molar-refractivity contribution in [3.8, 4) is 0 Å². The monoisotopic (exact) mass is 334 g/mol. The number of benzene rings is 2. The Morgan fingerprint density at radius 2 is 2.00 bits per heavy atom. The van der Waals surface area contributed by atoms with Crippen LogP contribution < -0.4 is 10.2 Å². The van der Waals surface area contributed by atoms with E-state index in [4.69, 9.17) is 11.6 Å². The average Bonchev–Trinajstić information content (AvgIpc) is 2.52. The lowest BCUT2D eigenvalue weighted by atomic mass is 10.1. The van der Waals surface area contributed by atoms with Crippen LogP contribution in [0.5, 0.6) is 0 Å². The molecule has 3 nitrogen and oxygen atoms in total. The lowest BCUT2D eigenvalue weighted by molar-refractivity contribution is -0.120. The van der Waals surface area contributed by atoms with Crippen LogP contribution in [0.25, 0.3) is 0 Å². The van der Waals surface area contributed by atoms with E-state index >= 15 is 0 Å². The number of nitrogens with zero attached hydrogens (tertiary/aromatic N) is 1. The summed E-state index contributed by atoms with van der Waals surface area (Å²) in [6.07, 6.45) is 0. The van der Waals surface area contributed by atoms with Crippen LogP contribution in [0.4, 0.5) is 10.1 Å². The predicted octanol–water partition coefficient (Wildman–Crippen LogP) is 4.18. The highest BCUT2D eigenvalue weighted by molar-refractivity contribution is 6.31. The first kappa shape index (κ1) is 17.3. The summed E-state index contributed by atoms with van der Waals surface area (Å²) in [5.41, 5.74) is 1.56. The molecule has 0 radical (unpaired) electrons. The number of carbonyl (C=O) groups is 1. The molecule has 1 unspecified atom stereocenters. The molecule has 0 spiro atoms. The van der Waals surface area contributed by atoms with Gasteiger partial charge in [-0.2, -0.15) is 0 Å². The Labute approximate surface area is 141 Å². The van der Waals surface area contributed by atoms with Gasteiger partial charge < -0.3 is 10.2 Å². The van der Waals surface area contributed by atoms with Crippen molar-refractivity contribution < 1.29 is 9.18 Å². The summed E-state index contributed by atoms with van der Waals surface area (Å²) in [5, 5.41) is 3.55. The first-order valence-corrected chi connectivity index (χ1v) is 7.93. The summed E-state index contributed by atoms with van der Waals surface area (Å²) in [4.78, 5) is 14.1. The quantitative estimate of drug-likeness (QED) is 0.859. The van der Waals surface area contributed by atoms with Crippen LogP contribution in [0.3, 0.4) is 0 Å². The van der Waals surface area contributed by atoms with Gasteiger partial charge in [-0.05, 0) is 43.7 Å². The number of amides is 1. The van der Waals surface area contributed by atoms with Crippen molar-refractivity contribution in [2.75, 3.05) is 18.0 Å². The molecule has 1 atom stereocenters. The molecule has 0 aromatic heterocycles. The van der Waals surface area contributed by atoms with Crippen LogP contribution in [0, 0.1) is 5.82 Å². The largest absolute Gasteiger partial charge is 0.362 e. The number of anilines is 1. The lowest BCUT2D eigenvalue weighted by Crippen LogP contribution is -2.38. The summed E-state index contributed by atoms with van der Waals surface area (Å²) in [7, 11) is 0. The highest BCUT2D eigenvalue weighted by Crippen LogP contribution is 2.22. The molecule has 23 heavy (non-hydrogen) atoms. The standard InChI is InChI=1S/C18H20ClFN2O/c1-3-22(15-8-6-7-14(20)11-15)12-18(23)21-13(2)16-9-4-5-10-17(16)19/h4-11,13H,3,12H2,1-2H3,(H,21,23). The van der Waals surface area contributed by atoms with E-state index in [0.29, 0.717) is 17.3 Å². The number of likely N-dealkylation sites (N-methyl/N-ethyl adjacent to an activating group) is 1. The van der Waals surface area contributed by atoms with E-state index in [1.54, 1.807) is 18.2 Å². The first-order chi connectivity index (χ1) is 11.0. The smallest absolute Gasteiger partial charge is 0.239 e. The van der Waals surface area contributed by atoms with Crippen molar-refractivity contribution in [2.24, 2.45) is 0 Å². The van der Waals surface area contributed by atoms with Gasteiger partial charge in [0, 0.05) is 17.3 Å². The molecule has 0 bridgehead atoms. The Morgan fingerprint density at radius 3 is 2.65 bits per heavy atom. The topological polar surface area (TPSA) is 32.3 Å². The summed E-state index contributed by atoms with van der Waals surface area (Å²) >= 11 is 6.15. The second kappa shape index (κ2) is 7.97. The van der Waals surface area contributed by atoms with Crippen molar-refractivity contribution in [3.05, 3.63) is 64.9 Å². The fourth-order valence-electron chi connectivity index (χ4n) is 2.42. The fourth-order valence-corrected chi connectivity index (χ4v) is 2.72. The molecule has 0 fully saturated rings. The van der Waals surface area contributed by atoms with Gasteiger partial charge in [-0.3, -0.25) is 4.79 Å². The van der Waals surface area contributed by atoms with E-state index in [-0.39, 0.29) is 24.3 Å². The van der Waals surface area contributed by atoms with Crippen LogP contribution >= 0.6 is 11.6 Å². The molecule has 0 aliphatic carbocycles. The van der Waals surface area contributed by atoms with Gasteiger partial charge in [0.15, 0.2) is 0 Å². The van der Waals surface area contributed by atoms with Crippen LogP contribution in [0.1, 0.15) is 25.5 Å². The van der Waals surface area contributed by atoms with Crippen molar-refractivity contribution in [1.82, 2.24) is 5.32 Å². The summed E-state index contributed by atoms with van der Waals surface area (Å²) < 4.78 is 13.3. The molecule has 1 N–H and O–H groups in total. The molecule has 2 aromatic carbocycles. The third kappa shape index (κ3) is 4.70. The highest BCUT2D eigenvalue weighted by Gasteiger charge is 2.15. The Bertz CT molecular complexity index is 678. The summed E-state index contributed by atoms with van der Waals surface area (Å²) in [6.45, 7) is 4.58. The molecule has 0 aliphatic rings. The van der Waals surface area contributed by atoms with E-state index < -0.39 is 0 Å². The van der Waals surface area contributed by atoms with Gasteiger partial charge in [-0.1, -0.05) is 35.9 Å². The minimum Gasteiger partial charge on any atom is -0.362 e. The normalized spacial score (nSPS) is 11.8. The number of hydrogen-bond acceptors (Lipinski definition) is 2. The number of hydrogen-bond donors (Lipinski definition) is 1. The second-order valence-electron chi connectivity index (χ2n) is 5.30. The third-order valence-corrected chi connectivity index (χ3v) is 3.98. The number of carbonyl (C=O) groups excluding carboxylic acids is 1. The number of nitrogens with one attached hydrogen (secondary N) is 1. The third-order valence-electron chi connectivity index (χ3n) is 3.64. The van der Waals surface area contributed by atoms with E-state index in [2.05, 4.69) is 5.32 Å². The molecule has 2 rings (SSSR count). The maximum absolute atomic E-state index is 13.3. The molecule has 0 saturated heterocycles. The molecule has 0 saturated carbocycles. The van der Waals surface area contributed by atoms with E-state index in [1.165, 1.54) is 12.1 Å². The molecule has 1 amide bonds. The fraction of sp³-hybridized carbons (Fsp3) is 0.278. The van der Waals surface area contributed by atoms with Gasteiger partial charge in [-0.15, -0.1) is 0 Å². The van der Waals surface area contributed by atoms with Gasteiger partial charge in [0.2, 0.25) is 5.91 Å². The van der Waals surface area contributed by atoms with Gasteiger partial charge in [0.25, 0.3) is 0 Å². The molecular weight excluding hydrogens is 315 g/mol. The van der Waals surface area contributed by atoms with Crippen LogP contribution in [0.15, 0.2) is 48.5 Å². The van der Waals surface area contributed by atoms with Crippen molar-refractivity contribution in [3.63, 3.8) is 0 Å². The van der Waals surface area contributed by atoms with Crippen molar-refractivity contribution >= 4 is 23.2 Å². The van der Waals surface area contributed by atoms with E-state index in [1.807, 2.05) is 36.9 Å². The second-order valence-corrected chi connectivity index (χ2v) is 5.71. The van der Waals surface area contributed by atoms with Crippen LogP contribution in [-0.2, 0) is 4.79 Å². The predicted molar refractivity (Wildman–Crippen MR) is 92.3 cm³/mol. The van der Waals surface area contributed by atoms with Crippen molar-refractivity contribution in [2.45, 2.75) is 19.9 Å². The zero-order valence-electron chi connectivity index (χ0n) is 13.2. The number of halogens is 2. The molecule has 122 valence electrons. The SMILES string of the molecule is CCN(CC(=O)NC(C)c1ccccc1Cl)c1cccc(F)c1. The Balaban J connectivity index is 2.02. The van der Waals surface area contributed by atoms with Gasteiger partial charge >= 0.3 is 0 Å². The minimum absolute atomic E-state index is 0.136. The summed E-state index contributed by atoms with van der Waals surface area (Å²) in [5.74, 6) is -0.450. The van der Waals surface area contributed by atoms with Crippen LogP contribution in [0.2, 0.25) is 5.02 Å². The average molecular weight is 335 g/mol. The summed E-state index contributed by atoms with van der Waals surface area (Å²) in [6, 6.07) is 13.5. The molecule has 0 heterocycles. The first-order valence-electron chi connectivity index (χ1n) is 7.55. The molecule has 2 aromatic rings. The zero-order chi connectivity index (χ0) is 16.8. The van der Waals surface area contributed by atoms with Gasteiger partial charge in [-0.25, -0.2) is 4.39 Å². The van der Waals surface area contributed by atoms with Crippen LogP contribution in [-0.4, -0.2) is 19.0 Å². The Morgan fingerprint density at radius 1 is 1.26 bits per heavy atom. The van der Waals surface area contributed by atoms with Gasteiger partial charge in [0.05, 0.1) is 12.6 Å². The maximum atomic E-state index is 13.3.